The molecular formula is C13H11Br2IN2O. The van der Waals surface area contributed by atoms with Crippen molar-refractivity contribution in [3.8, 4) is 0 Å². The predicted molar refractivity (Wildman–Crippen MR) is 91.5 cm³/mol. The van der Waals surface area contributed by atoms with E-state index in [0.717, 1.165) is 30.3 Å². The van der Waals surface area contributed by atoms with Gasteiger partial charge in [0.05, 0.1) is 11.4 Å². The number of nitrogens with zero attached hydrogens (tertiary/aromatic N) is 2. The molecule has 2 heterocycles. The van der Waals surface area contributed by atoms with Crippen molar-refractivity contribution in [3.05, 3.63) is 54.0 Å². The van der Waals surface area contributed by atoms with Gasteiger partial charge in [-0.05, 0) is 92.6 Å². The second-order valence-corrected chi connectivity index (χ2v) is 6.44. The summed E-state index contributed by atoms with van der Waals surface area (Å²) >= 11 is 8.83. The molecule has 0 radical (unpaired) electrons. The fourth-order valence-corrected chi connectivity index (χ4v) is 2.13. The van der Waals surface area contributed by atoms with Gasteiger partial charge in [0.1, 0.15) is 9.39 Å². The molecule has 6 heteroatoms. The molecule has 0 spiro atoms. The summed E-state index contributed by atoms with van der Waals surface area (Å²) in [5, 5.41) is 0. The number of aldehydes is 1. The number of carbonyl (C=O) groups excluding carboxylic acids is 1. The van der Waals surface area contributed by atoms with Crippen molar-refractivity contribution < 1.29 is 4.79 Å². The van der Waals surface area contributed by atoms with Crippen molar-refractivity contribution in [2.45, 2.75) is 13.8 Å². The maximum atomic E-state index is 10.2. The molecule has 19 heavy (non-hydrogen) atoms. The van der Waals surface area contributed by atoms with Gasteiger partial charge < -0.3 is 0 Å². The molecule has 0 fully saturated rings. The fourth-order valence-electron chi connectivity index (χ4n) is 1.14. The Kier molecular flexibility index (Phi) is 7.09. The maximum absolute atomic E-state index is 10.2. The van der Waals surface area contributed by atoms with Crippen molar-refractivity contribution in [2.75, 3.05) is 0 Å². The van der Waals surface area contributed by atoms with Gasteiger partial charge in [0.25, 0.3) is 0 Å². The van der Waals surface area contributed by atoms with E-state index in [-0.39, 0.29) is 0 Å². The molecule has 2 aromatic rings. The van der Waals surface area contributed by atoms with Crippen molar-refractivity contribution in [1.29, 1.82) is 0 Å². The molecule has 0 saturated carbocycles. The van der Waals surface area contributed by atoms with Gasteiger partial charge >= 0.3 is 0 Å². The summed E-state index contributed by atoms with van der Waals surface area (Å²) in [4.78, 5) is 18.4. The van der Waals surface area contributed by atoms with Crippen LogP contribution in [-0.4, -0.2) is 16.3 Å². The molecule has 0 aliphatic rings. The molecule has 3 nitrogen and oxygen atoms in total. The lowest BCUT2D eigenvalue weighted by atomic mass is 10.3. The zero-order valence-corrected chi connectivity index (χ0v) is 15.7. The Hall–Kier alpha value is -0.340. The SMILES string of the molecule is Cc1nc(C=O)ccc1Br.Cc1nc(I)ccc1Br. The van der Waals surface area contributed by atoms with Crippen LogP contribution >= 0.6 is 54.5 Å². The molecule has 0 aliphatic heterocycles. The van der Waals surface area contributed by atoms with E-state index < -0.39 is 0 Å². The number of halogens is 3. The molecule has 2 rings (SSSR count). The third-order valence-electron chi connectivity index (χ3n) is 2.15. The average Bonchev–Trinajstić information content (AvgIpc) is 2.38. The number of pyridine rings is 2. The summed E-state index contributed by atoms with van der Waals surface area (Å²) in [7, 11) is 0. The van der Waals surface area contributed by atoms with Crippen LogP contribution in [0.1, 0.15) is 21.9 Å². The van der Waals surface area contributed by atoms with Crippen molar-refractivity contribution >= 4 is 60.7 Å². The summed E-state index contributed by atoms with van der Waals surface area (Å²) < 4.78 is 3.04. The van der Waals surface area contributed by atoms with Crippen LogP contribution in [0.5, 0.6) is 0 Å². The lowest BCUT2D eigenvalue weighted by molar-refractivity contribution is 0.111. The Morgan fingerprint density at radius 1 is 1.00 bits per heavy atom. The van der Waals surface area contributed by atoms with Crippen molar-refractivity contribution in [3.63, 3.8) is 0 Å². The highest BCUT2D eigenvalue weighted by Crippen LogP contribution is 2.14. The van der Waals surface area contributed by atoms with E-state index in [1.165, 1.54) is 0 Å². The Bertz CT molecular complexity index is 591. The van der Waals surface area contributed by atoms with Gasteiger partial charge in [0.2, 0.25) is 0 Å². The van der Waals surface area contributed by atoms with Gasteiger partial charge in [0, 0.05) is 8.95 Å². The topological polar surface area (TPSA) is 42.9 Å². The Balaban J connectivity index is 0.000000191. The van der Waals surface area contributed by atoms with Gasteiger partial charge in [-0.25, -0.2) is 9.97 Å². The summed E-state index contributed by atoms with van der Waals surface area (Å²) in [6.45, 7) is 3.82. The van der Waals surface area contributed by atoms with Crippen LogP contribution in [0.4, 0.5) is 0 Å². The summed E-state index contributed by atoms with van der Waals surface area (Å²) in [6.07, 6.45) is 0.736. The highest BCUT2D eigenvalue weighted by atomic mass is 127. The predicted octanol–water partition coefficient (Wildman–Crippen LogP) is 4.72. The molecule has 0 unspecified atom stereocenters. The first kappa shape index (κ1) is 16.7. The molecule has 100 valence electrons. The molecule has 0 amide bonds. The van der Waals surface area contributed by atoms with E-state index in [1.807, 2.05) is 32.0 Å². The molecule has 0 N–H and O–H groups in total. The third kappa shape index (κ3) is 5.66. The van der Waals surface area contributed by atoms with E-state index in [2.05, 4.69) is 64.4 Å². The van der Waals surface area contributed by atoms with Gasteiger partial charge in [-0.2, -0.15) is 0 Å². The first-order valence-corrected chi connectivity index (χ1v) is 7.97. The molecular weight excluding hydrogens is 487 g/mol. The number of hydrogen-bond acceptors (Lipinski definition) is 3. The Morgan fingerprint density at radius 2 is 1.53 bits per heavy atom. The zero-order valence-electron chi connectivity index (χ0n) is 10.3. The minimum atomic E-state index is 0.473. The third-order valence-corrected chi connectivity index (χ3v) is 4.43. The highest BCUT2D eigenvalue weighted by molar-refractivity contribution is 14.1. The fraction of sp³-hybridized carbons (Fsp3) is 0.154. The van der Waals surface area contributed by atoms with Crippen LogP contribution in [0.25, 0.3) is 0 Å². The van der Waals surface area contributed by atoms with E-state index in [0.29, 0.717) is 5.69 Å². The number of aryl methyl sites for hydroxylation is 2. The van der Waals surface area contributed by atoms with Crippen LogP contribution in [0.2, 0.25) is 0 Å². The van der Waals surface area contributed by atoms with Gasteiger partial charge in [-0.1, -0.05) is 0 Å². The molecule has 0 saturated heterocycles. The summed E-state index contributed by atoms with van der Waals surface area (Å²) in [6, 6.07) is 7.46. The Morgan fingerprint density at radius 3 is 1.95 bits per heavy atom. The van der Waals surface area contributed by atoms with Crippen LogP contribution < -0.4 is 0 Å². The van der Waals surface area contributed by atoms with Crippen LogP contribution in [0, 0.1) is 17.5 Å². The number of carbonyl (C=O) groups is 1. The monoisotopic (exact) mass is 496 g/mol. The average molecular weight is 498 g/mol. The molecule has 0 bridgehead atoms. The van der Waals surface area contributed by atoms with E-state index in [1.54, 1.807) is 6.07 Å². The largest absolute Gasteiger partial charge is 0.296 e. The molecule has 0 atom stereocenters. The van der Waals surface area contributed by atoms with Gasteiger partial charge in [-0.15, -0.1) is 0 Å². The quantitative estimate of drug-likeness (QED) is 0.325. The summed E-state index contributed by atoms with van der Waals surface area (Å²) in [5.74, 6) is 0. The first-order chi connectivity index (χ1) is 8.93. The molecule has 0 aromatic carbocycles. The number of hydrogen-bond donors (Lipinski definition) is 0. The zero-order chi connectivity index (χ0) is 14.4. The molecule has 2 aromatic heterocycles. The molecule has 0 aliphatic carbocycles. The second kappa shape index (κ2) is 8.06. The standard InChI is InChI=1S/C7H6BrNO.C6H5BrIN/c1-5-7(8)3-2-6(4-10)9-5;1-4-5(7)2-3-6(8)9-4/h2-4H,1H3;2-3H,1H3. The van der Waals surface area contributed by atoms with Gasteiger partial charge in [0.15, 0.2) is 6.29 Å². The van der Waals surface area contributed by atoms with E-state index in [9.17, 15) is 4.79 Å². The summed E-state index contributed by atoms with van der Waals surface area (Å²) in [5.41, 5.74) is 2.35. The van der Waals surface area contributed by atoms with Crippen LogP contribution in [0.3, 0.4) is 0 Å². The number of rotatable bonds is 1. The second-order valence-electron chi connectivity index (χ2n) is 3.62. The lowest BCUT2D eigenvalue weighted by Gasteiger charge is -1.95. The first-order valence-electron chi connectivity index (χ1n) is 5.31. The lowest BCUT2D eigenvalue weighted by Crippen LogP contribution is -1.89. The van der Waals surface area contributed by atoms with Crippen LogP contribution in [-0.2, 0) is 0 Å². The Labute approximate surface area is 142 Å². The highest BCUT2D eigenvalue weighted by Gasteiger charge is 1.95. The minimum Gasteiger partial charge on any atom is -0.296 e. The minimum absolute atomic E-state index is 0.473. The van der Waals surface area contributed by atoms with E-state index >= 15 is 0 Å². The normalized spacial score (nSPS) is 9.53. The maximum Gasteiger partial charge on any atom is 0.168 e. The smallest absolute Gasteiger partial charge is 0.168 e. The van der Waals surface area contributed by atoms with Crippen molar-refractivity contribution in [2.24, 2.45) is 0 Å². The number of aromatic nitrogens is 2. The van der Waals surface area contributed by atoms with Crippen LogP contribution in [0.15, 0.2) is 33.2 Å². The van der Waals surface area contributed by atoms with Crippen molar-refractivity contribution in [1.82, 2.24) is 9.97 Å². The van der Waals surface area contributed by atoms with Gasteiger partial charge in [-0.3, -0.25) is 4.79 Å². The van der Waals surface area contributed by atoms with E-state index in [4.69, 9.17) is 0 Å².